The minimum absolute atomic E-state index is 0.0273. The van der Waals surface area contributed by atoms with E-state index in [1.165, 1.54) is 0 Å². The lowest BCUT2D eigenvalue weighted by Gasteiger charge is -2.13. The Morgan fingerprint density at radius 3 is 2.22 bits per heavy atom. The number of aromatic nitrogens is 5. The summed E-state index contributed by atoms with van der Waals surface area (Å²) in [5.74, 6) is -0.103. The highest BCUT2D eigenvalue weighted by Crippen LogP contribution is 2.22. The Bertz CT molecular complexity index is 1420. The molecule has 2 amide bonds. The van der Waals surface area contributed by atoms with Gasteiger partial charge in [-0.15, -0.1) is 5.10 Å². The minimum atomic E-state index is -0.485. The summed E-state index contributed by atoms with van der Waals surface area (Å²) in [5.41, 5.74) is 2.68. The number of benzene rings is 3. The van der Waals surface area contributed by atoms with Gasteiger partial charge < -0.3 is 10.6 Å². The van der Waals surface area contributed by atoms with Crippen LogP contribution in [0, 0.1) is 0 Å². The summed E-state index contributed by atoms with van der Waals surface area (Å²) in [4.78, 5) is 30.2. The molecule has 0 saturated carbocycles. The molecule has 5 aromatic rings. The van der Waals surface area contributed by atoms with Crippen molar-refractivity contribution in [3.63, 3.8) is 0 Å². The molecular formula is C27H23N7O2. The van der Waals surface area contributed by atoms with Gasteiger partial charge in [-0.25, -0.2) is 9.67 Å². The lowest BCUT2D eigenvalue weighted by molar-refractivity contribution is -0.119. The molecule has 9 nitrogen and oxygen atoms in total. The van der Waals surface area contributed by atoms with Crippen LogP contribution >= 0.6 is 0 Å². The van der Waals surface area contributed by atoms with E-state index in [2.05, 4.69) is 25.8 Å². The number of para-hydroxylation sites is 1. The molecule has 0 aliphatic carbocycles. The van der Waals surface area contributed by atoms with Gasteiger partial charge in [0.1, 0.15) is 6.04 Å². The van der Waals surface area contributed by atoms with Gasteiger partial charge in [-0.2, -0.15) is 5.10 Å². The van der Waals surface area contributed by atoms with Gasteiger partial charge in [0.05, 0.1) is 5.69 Å². The first-order valence-electron chi connectivity index (χ1n) is 11.4. The van der Waals surface area contributed by atoms with Gasteiger partial charge in [-0.05, 0) is 43.3 Å². The Kier molecular flexibility index (Phi) is 6.35. The van der Waals surface area contributed by atoms with E-state index in [0.29, 0.717) is 17.2 Å². The van der Waals surface area contributed by atoms with Crippen molar-refractivity contribution in [2.24, 2.45) is 0 Å². The Morgan fingerprint density at radius 2 is 1.53 bits per heavy atom. The first kappa shape index (κ1) is 22.7. The summed E-state index contributed by atoms with van der Waals surface area (Å²) in [6.45, 7) is 1.76. The van der Waals surface area contributed by atoms with Crippen LogP contribution in [0.4, 0.5) is 11.4 Å². The summed E-state index contributed by atoms with van der Waals surface area (Å²) in [6, 6.07) is 27.3. The van der Waals surface area contributed by atoms with Crippen molar-refractivity contribution in [3.8, 4) is 17.1 Å². The fourth-order valence-corrected chi connectivity index (χ4v) is 3.67. The summed E-state index contributed by atoms with van der Waals surface area (Å²) in [5, 5.41) is 14.3. The molecule has 2 aromatic heterocycles. The standard InChI is InChI=1S/C27H23N7O2/c1-19(33-17-9-16-28-33)26(35)29-21-12-8-13-22(18-21)30-27(36)24-31-25(20-10-4-2-5-11-20)34(32-24)23-14-6-3-7-15-23/h2-19H,1H3,(H,29,35)(H,30,36). The van der Waals surface area contributed by atoms with E-state index in [-0.39, 0.29) is 11.7 Å². The Morgan fingerprint density at radius 1 is 0.833 bits per heavy atom. The molecule has 0 aliphatic heterocycles. The number of nitrogens with one attached hydrogen (secondary N) is 2. The van der Waals surface area contributed by atoms with Crippen LogP contribution in [0.15, 0.2) is 103 Å². The summed E-state index contributed by atoms with van der Waals surface area (Å²) >= 11 is 0. The first-order valence-corrected chi connectivity index (χ1v) is 11.4. The van der Waals surface area contributed by atoms with E-state index in [1.54, 1.807) is 59.0 Å². The molecular weight excluding hydrogens is 454 g/mol. The summed E-state index contributed by atoms with van der Waals surface area (Å²) in [7, 11) is 0. The predicted octanol–water partition coefficient (Wildman–Crippen LogP) is 4.58. The molecule has 0 aliphatic rings. The van der Waals surface area contributed by atoms with Crippen LogP contribution in [0.25, 0.3) is 17.1 Å². The third-order valence-electron chi connectivity index (χ3n) is 5.53. The van der Waals surface area contributed by atoms with Gasteiger partial charge in [0.2, 0.25) is 11.7 Å². The smallest absolute Gasteiger partial charge is 0.295 e. The largest absolute Gasteiger partial charge is 0.324 e. The molecule has 1 atom stereocenters. The quantitative estimate of drug-likeness (QED) is 0.357. The number of anilines is 2. The molecule has 5 rings (SSSR count). The third kappa shape index (κ3) is 4.90. The maximum absolute atomic E-state index is 13.1. The number of rotatable bonds is 7. The van der Waals surface area contributed by atoms with Crippen LogP contribution in [-0.2, 0) is 4.79 Å². The maximum atomic E-state index is 13.1. The molecule has 9 heteroatoms. The zero-order valence-corrected chi connectivity index (χ0v) is 19.4. The van der Waals surface area contributed by atoms with Crippen molar-refractivity contribution in [3.05, 3.63) is 109 Å². The van der Waals surface area contributed by atoms with E-state index in [1.807, 2.05) is 60.7 Å². The number of amides is 2. The van der Waals surface area contributed by atoms with Crippen molar-refractivity contribution in [1.82, 2.24) is 24.5 Å². The molecule has 0 saturated heterocycles. The number of nitrogens with zero attached hydrogens (tertiary/aromatic N) is 5. The monoisotopic (exact) mass is 477 g/mol. The van der Waals surface area contributed by atoms with Gasteiger partial charge >= 0.3 is 0 Å². The average Bonchev–Trinajstić information content (AvgIpc) is 3.60. The first-order chi connectivity index (χ1) is 17.6. The maximum Gasteiger partial charge on any atom is 0.295 e. The molecule has 2 N–H and O–H groups in total. The van der Waals surface area contributed by atoms with Crippen LogP contribution in [0.5, 0.6) is 0 Å². The van der Waals surface area contributed by atoms with Crippen molar-refractivity contribution < 1.29 is 9.59 Å². The van der Waals surface area contributed by atoms with E-state index < -0.39 is 11.9 Å². The van der Waals surface area contributed by atoms with E-state index >= 15 is 0 Å². The minimum Gasteiger partial charge on any atom is -0.324 e. The average molecular weight is 478 g/mol. The summed E-state index contributed by atoms with van der Waals surface area (Å²) in [6.07, 6.45) is 3.35. The number of hydrogen-bond donors (Lipinski definition) is 2. The van der Waals surface area contributed by atoms with Crippen molar-refractivity contribution in [2.75, 3.05) is 10.6 Å². The second kappa shape index (κ2) is 10.1. The third-order valence-corrected chi connectivity index (χ3v) is 5.53. The second-order valence-corrected chi connectivity index (χ2v) is 8.06. The Balaban J connectivity index is 1.37. The molecule has 36 heavy (non-hydrogen) atoms. The van der Waals surface area contributed by atoms with Crippen molar-refractivity contribution in [1.29, 1.82) is 0 Å². The van der Waals surface area contributed by atoms with E-state index in [4.69, 9.17) is 0 Å². The van der Waals surface area contributed by atoms with Crippen LogP contribution in [0.1, 0.15) is 23.6 Å². The predicted molar refractivity (Wildman–Crippen MR) is 137 cm³/mol. The van der Waals surface area contributed by atoms with Crippen LogP contribution in [0.3, 0.4) is 0 Å². The highest BCUT2D eigenvalue weighted by atomic mass is 16.2. The Hall–Kier alpha value is -5.05. The van der Waals surface area contributed by atoms with Crippen molar-refractivity contribution >= 4 is 23.2 Å². The number of hydrogen-bond acceptors (Lipinski definition) is 5. The fourth-order valence-electron chi connectivity index (χ4n) is 3.67. The van der Waals surface area contributed by atoms with E-state index in [9.17, 15) is 9.59 Å². The topological polar surface area (TPSA) is 107 Å². The van der Waals surface area contributed by atoms with Crippen LogP contribution < -0.4 is 10.6 Å². The van der Waals surface area contributed by atoms with Gasteiger partial charge in [0.15, 0.2) is 5.82 Å². The number of carbonyl (C=O) groups excluding carboxylic acids is 2. The normalized spacial score (nSPS) is 11.6. The highest BCUT2D eigenvalue weighted by molar-refractivity contribution is 6.02. The van der Waals surface area contributed by atoms with Crippen molar-refractivity contribution in [2.45, 2.75) is 13.0 Å². The van der Waals surface area contributed by atoms with Crippen LogP contribution in [0.2, 0.25) is 0 Å². The molecule has 0 radical (unpaired) electrons. The molecule has 3 aromatic carbocycles. The highest BCUT2D eigenvalue weighted by Gasteiger charge is 2.19. The van der Waals surface area contributed by atoms with Crippen LogP contribution in [-0.4, -0.2) is 36.4 Å². The van der Waals surface area contributed by atoms with Gasteiger partial charge in [-0.1, -0.05) is 54.6 Å². The zero-order chi connectivity index (χ0) is 24.9. The molecule has 2 heterocycles. The summed E-state index contributed by atoms with van der Waals surface area (Å²) < 4.78 is 3.22. The molecule has 0 fully saturated rings. The van der Waals surface area contributed by atoms with Gasteiger partial charge in [-0.3, -0.25) is 14.3 Å². The SMILES string of the molecule is CC(C(=O)Nc1cccc(NC(=O)c2nc(-c3ccccc3)n(-c3ccccc3)n2)c1)n1cccn1. The fraction of sp³-hybridized carbons (Fsp3) is 0.0741. The molecule has 0 spiro atoms. The lowest BCUT2D eigenvalue weighted by Crippen LogP contribution is -2.24. The Labute approximate surface area is 207 Å². The zero-order valence-electron chi connectivity index (χ0n) is 19.4. The molecule has 0 bridgehead atoms. The number of carbonyl (C=O) groups is 2. The molecule has 178 valence electrons. The van der Waals surface area contributed by atoms with Gasteiger partial charge in [0.25, 0.3) is 5.91 Å². The second-order valence-electron chi connectivity index (χ2n) is 8.06. The van der Waals surface area contributed by atoms with E-state index in [0.717, 1.165) is 11.3 Å². The lowest BCUT2D eigenvalue weighted by atomic mass is 10.2. The van der Waals surface area contributed by atoms with Gasteiger partial charge in [0, 0.05) is 29.3 Å². The molecule has 1 unspecified atom stereocenters.